The van der Waals surface area contributed by atoms with E-state index in [0.29, 0.717) is 12.2 Å². The molecule has 1 aliphatic heterocycles. The highest BCUT2D eigenvalue weighted by Crippen LogP contribution is 2.19. The summed E-state index contributed by atoms with van der Waals surface area (Å²) in [6.45, 7) is 2.72. The number of pyridine rings is 1. The van der Waals surface area contributed by atoms with Crippen LogP contribution in [0.2, 0.25) is 0 Å². The van der Waals surface area contributed by atoms with Gasteiger partial charge in [0.15, 0.2) is 0 Å². The predicted octanol–water partition coefficient (Wildman–Crippen LogP) is 2.02. The third-order valence-corrected chi connectivity index (χ3v) is 4.26. The van der Waals surface area contributed by atoms with Crippen molar-refractivity contribution in [3.63, 3.8) is 0 Å². The Kier molecular flexibility index (Phi) is 3.92. The number of amides is 1. The second-order valence-corrected chi connectivity index (χ2v) is 5.71. The summed E-state index contributed by atoms with van der Waals surface area (Å²) in [6.07, 6.45) is 5.85. The zero-order valence-corrected chi connectivity index (χ0v) is 12.3. The average molecular weight is 287 g/mol. The number of hydrogen-bond donors (Lipinski definition) is 1. The van der Waals surface area contributed by atoms with E-state index < -0.39 is 0 Å². The Morgan fingerprint density at radius 1 is 1.38 bits per heavy atom. The fraction of sp³-hybridized carbons (Fsp3) is 0.500. The minimum Gasteiger partial charge on any atom is -0.394 e. The van der Waals surface area contributed by atoms with Crippen LogP contribution in [-0.4, -0.2) is 44.5 Å². The number of carbonyl (C=O) groups is 1. The van der Waals surface area contributed by atoms with Crippen LogP contribution in [0.25, 0.3) is 5.65 Å². The van der Waals surface area contributed by atoms with Crippen LogP contribution in [0.4, 0.5) is 0 Å². The summed E-state index contributed by atoms with van der Waals surface area (Å²) in [5.74, 6) is -0.0703. The van der Waals surface area contributed by atoms with Crippen molar-refractivity contribution in [2.75, 3.05) is 13.2 Å². The molecule has 2 aromatic heterocycles. The summed E-state index contributed by atoms with van der Waals surface area (Å²) in [5, 5.41) is 9.55. The summed E-state index contributed by atoms with van der Waals surface area (Å²) >= 11 is 0. The number of carbonyl (C=O) groups excluding carboxylic acids is 1. The van der Waals surface area contributed by atoms with Gasteiger partial charge in [-0.3, -0.25) is 4.79 Å². The average Bonchev–Trinajstić information content (AvgIpc) is 2.79. The zero-order chi connectivity index (χ0) is 14.8. The molecule has 0 bridgehead atoms. The van der Waals surface area contributed by atoms with Gasteiger partial charge in [0.25, 0.3) is 5.91 Å². The largest absolute Gasteiger partial charge is 0.394 e. The number of aromatic nitrogens is 2. The van der Waals surface area contributed by atoms with Crippen LogP contribution in [0, 0.1) is 6.92 Å². The van der Waals surface area contributed by atoms with Crippen molar-refractivity contribution in [2.45, 2.75) is 38.6 Å². The molecule has 1 unspecified atom stereocenters. The number of aliphatic hydroxyl groups is 1. The molecule has 0 aliphatic carbocycles. The van der Waals surface area contributed by atoms with Crippen molar-refractivity contribution < 1.29 is 9.90 Å². The Bertz CT molecular complexity index is 650. The molecule has 0 radical (unpaired) electrons. The molecule has 2 aromatic rings. The molecule has 3 heterocycles. The Labute approximate surface area is 124 Å². The highest BCUT2D eigenvalue weighted by molar-refractivity contribution is 5.93. The number of aliphatic hydroxyl groups excluding tert-OH is 1. The highest BCUT2D eigenvalue weighted by atomic mass is 16.3. The molecule has 3 rings (SSSR count). The van der Waals surface area contributed by atoms with Gasteiger partial charge in [0, 0.05) is 18.4 Å². The lowest BCUT2D eigenvalue weighted by Gasteiger charge is -2.27. The molecule has 112 valence electrons. The van der Waals surface area contributed by atoms with E-state index in [-0.39, 0.29) is 18.6 Å². The maximum atomic E-state index is 12.7. The zero-order valence-electron chi connectivity index (χ0n) is 12.3. The lowest BCUT2D eigenvalue weighted by Crippen LogP contribution is -2.42. The Morgan fingerprint density at radius 3 is 3.00 bits per heavy atom. The van der Waals surface area contributed by atoms with Gasteiger partial charge in [0.05, 0.1) is 12.6 Å². The van der Waals surface area contributed by atoms with E-state index >= 15 is 0 Å². The van der Waals surface area contributed by atoms with E-state index in [9.17, 15) is 9.90 Å². The second-order valence-electron chi connectivity index (χ2n) is 5.71. The topological polar surface area (TPSA) is 57.8 Å². The lowest BCUT2D eigenvalue weighted by atomic mass is 10.1. The molecule has 0 spiro atoms. The minimum absolute atomic E-state index is 0.0259. The van der Waals surface area contributed by atoms with Crippen molar-refractivity contribution in [3.8, 4) is 0 Å². The van der Waals surface area contributed by atoms with Gasteiger partial charge in [-0.15, -0.1) is 0 Å². The van der Waals surface area contributed by atoms with E-state index in [4.69, 9.17) is 0 Å². The van der Waals surface area contributed by atoms with Crippen LogP contribution >= 0.6 is 0 Å². The van der Waals surface area contributed by atoms with E-state index in [0.717, 1.165) is 37.0 Å². The van der Waals surface area contributed by atoms with Crippen LogP contribution in [0.5, 0.6) is 0 Å². The molecule has 5 heteroatoms. The molecular weight excluding hydrogens is 266 g/mol. The molecule has 21 heavy (non-hydrogen) atoms. The molecule has 1 saturated heterocycles. The first kappa shape index (κ1) is 14.1. The summed E-state index contributed by atoms with van der Waals surface area (Å²) < 4.78 is 1.93. The maximum absolute atomic E-state index is 12.7. The van der Waals surface area contributed by atoms with Crippen molar-refractivity contribution in [3.05, 3.63) is 35.8 Å². The Balaban J connectivity index is 1.93. The van der Waals surface area contributed by atoms with Gasteiger partial charge in [0.2, 0.25) is 0 Å². The van der Waals surface area contributed by atoms with Gasteiger partial charge in [-0.05, 0) is 31.9 Å². The Morgan fingerprint density at radius 2 is 2.24 bits per heavy atom. The fourth-order valence-corrected chi connectivity index (χ4v) is 3.03. The number of fused-ring (bicyclic) bond motifs is 1. The first-order valence-corrected chi connectivity index (χ1v) is 7.57. The summed E-state index contributed by atoms with van der Waals surface area (Å²) in [4.78, 5) is 19.0. The van der Waals surface area contributed by atoms with Crippen LogP contribution in [-0.2, 0) is 0 Å². The van der Waals surface area contributed by atoms with Gasteiger partial charge in [0.1, 0.15) is 11.3 Å². The van der Waals surface area contributed by atoms with Crippen molar-refractivity contribution in [1.29, 1.82) is 0 Å². The SMILES string of the molecule is Cc1cccc2nc(C(=O)N3CCCCCC3CO)cn12. The van der Waals surface area contributed by atoms with Gasteiger partial charge in [-0.1, -0.05) is 18.9 Å². The second kappa shape index (κ2) is 5.85. The van der Waals surface area contributed by atoms with Crippen LogP contribution in [0.1, 0.15) is 41.9 Å². The quantitative estimate of drug-likeness (QED) is 0.919. The van der Waals surface area contributed by atoms with E-state index in [1.807, 2.05) is 29.5 Å². The standard InChI is InChI=1S/C16H21N3O2/c1-12-6-5-8-15-17-14(10-19(12)15)16(21)18-9-4-2-3-7-13(18)11-20/h5-6,8,10,13,20H,2-4,7,9,11H2,1H3. The number of aryl methyl sites for hydroxylation is 1. The number of imidazole rings is 1. The minimum atomic E-state index is -0.0779. The molecule has 1 atom stereocenters. The van der Waals surface area contributed by atoms with Crippen LogP contribution < -0.4 is 0 Å². The molecule has 5 nitrogen and oxygen atoms in total. The predicted molar refractivity (Wildman–Crippen MR) is 80.3 cm³/mol. The molecule has 1 fully saturated rings. The van der Waals surface area contributed by atoms with Gasteiger partial charge in [-0.25, -0.2) is 4.98 Å². The summed E-state index contributed by atoms with van der Waals surface area (Å²) in [6, 6.07) is 5.75. The van der Waals surface area contributed by atoms with Crippen molar-refractivity contribution >= 4 is 11.6 Å². The fourth-order valence-electron chi connectivity index (χ4n) is 3.03. The van der Waals surface area contributed by atoms with E-state index in [2.05, 4.69) is 4.98 Å². The number of likely N-dealkylation sites (tertiary alicyclic amines) is 1. The van der Waals surface area contributed by atoms with Crippen molar-refractivity contribution in [1.82, 2.24) is 14.3 Å². The summed E-state index contributed by atoms with van der Waals surface area (Å²) in [5.41, 5.74) is 2.30. The normalized spacial score (nSPS) is 19.7. The smallest absolute Gasteiger partial charge is 0.274 e. The molecular formula is C16H21N3O2. The number of nitrogens with zero attached hydrogens (tertiary/aromatic N) is 3. The first-order valence-electron chi connectivity index (χ1n) is 7.57. The summed E-state index contributed by atoms with van der Waals surface area (Å²) in [7, 11) is 0. The van der Waals surface area contributed by atoms with Gasteiger partial charge in [-0.2, -0.15) is 0 Å². The lowest BCUT2D eigenvalue weighted by molar-refractivity contribution is 0.0594. The molecule has 1 N–H and O–H groups in total. The first-order chi connectivity index (χ1) is 10.2. The van der Waals surface area contributed by atoms with Crippen molar-refractivity contribution in [2.24, 2.45) is 0 Å². The maximum Gasteiger partial charge on any atom is 0.274 e. The van der Waals surface area contributed by atoms with E-state index in [1.54, 1.807) is 11.1 Å². The van der Waals surface area contributed by atoms with Crippen LogP contribution in [0.3, 0.4) is 0 Å². The number of rotatable bonds is 2. The molecule has 1 amide bonds. The third-order valence-electron chi connectivity index (χ3n) is 4.26. The molecule has 1 aliphatic rings. The van der Waals surface area contributed by atoms with Gasteiger partial charge >= 0.3 is 0 Å². The molecule has 0 aromatic carbocycles. The van der Waals surface area contributed by atoms with Gasteiger partial charge < -0.3 is 14.4 Å². The van der Waals surface area contributed by atoms with E-state index in [1.165, 1.54) is 0 Å². The monoisotopic (exact) mass is 287 g/mol. The highest BCUT2D eigenvalue weighted by Gasteiger charge is 2.27. The van der Waals surface area contributed by atoms with Crippen LogP contribution in [0.15, 0.2) is 24.4 Å². The molecule has 0 saturated carbocycles. The third kappa shape index (κ3) is 2.65. The Hall–Kier alpha value is -1.88. The number of hydrogen-bond acceptors (Lipinski definition) is 3.